The number of amides is 1. The molecule has 26 heavy (non-hydrogen) atoms. The standard InChI is InChI=1S/C19H12N4OS2/c24-17(22-18-20-13-5-1-2-6-15(13)25-18)12-7-8-14-16(11-12)26-19(21-14)23-9-3-4-10-23/h1-11H,(H,20,22,24). The number of thiazole rings is 2. The summed E-state index contributed by atoms with van der Waals surface area (Å²) >= 11 is 3.03. The van der Waals surface area contributed by atoms with Crippen LogP contribution in [0.15, 0.2) is 67.0 Å². The van der Waals surface area contributed by atoms with E-state index in [1.807, 2.05) is 65.5 Å². The van der Waals surface area contributed by atoms with Crippen LogP contribution in [0.4, 0.5) is 5.13 Å². The highest BCUT2D eigenvalue weighted by Crippen LogP contribution is 2.28. The molecule has 0 spiro atoms. The Labute approximate surface area is 156 Å². The van der Waals surface area contributed by atoms with Crippen LogP contribution in [0.1, 0.15) is 10.4 Å². The number of nitrogens with one attached hydrogen (secondary N) is 1. The smallest absolute Gasteiger partial charge is 0.257 e. The van der Waals surface area contributed by atoms with Crippen molar-refractivity contribution in [3.63, 3.8) is 0 Å². The van der Waals surface area contributed by atoms with E-state index in [1.165, 1.54) is 11.3 Å². The molecule has 5 nitrogen and oxygen atoms in total. The largest absolute Gasteiger partial charge is 0.300 e. The Kier molecular flexibility index (Phi) is 3.55. The lowest BCUT2D eigenvalue weighted by Gasteiger charge is -2.01. The molecule has 0 saturated carbocycles. The fourth-order valence-corrected chi connectivity index (χ4v) is 4.55. The van der Waals surface area contributed by atoms with E-state index >= 15 is 0 Å². The molecular weight excluding hydrogens is 364 g/mol. The zero-order valence-electron chi connectivity index (χ0n) is 13.4. The molecule has 126 valence electrons. The Bertz CT molecular complexity index is 1200. The molecule has 0 aliphatic rings. The number of benzene rings is 2. The van der Waals surface area contributed by atoms with Gasteiger partial charge in [-0.15, -0.1) is 0 Å². The molecule has 0 atom stereocenters. The van der Waals surface area contributed by atoms with E-state index in [9.17, 15) is 4.79 Å². The molecule has 3 aromatic heterocycles. The highest BCUT2D eigenvalue weighted by molar-refractivity contribution is 7.22. The highest BCUT2D eigenvalue weighted by Gasteiger charge is 2.12. The van der Waals surface area contributed by atoms with Gasteiger partial charge in [0.25, 0.3) is 5.91 Å². The fourth-order valence-electron chi connectivity index (χ4n) is 2.72. The number of rotatable bonds is 3. The number of hydrogen-bond donors (Lipinski definition) is 1. The molecule has 1 N–H and O–H groups in total. The van der Waals surface area contributed by atoms with Crippen molar-refractivity contribution >= 4 is 54.1 Å². The monoisotopic (exact) mass is 376 g/mol. The lowest BCUT2D eigenvalue weighted by atomic mass is 10.2. The van der Waals surface area contributed by atoms with Crippen LogP contribution in [0.25, 0.3) is 25.6 Å². The SMILES string of the molecule is O=C(Nc1nc2ccccc2s1)c1ccc2nc(-n3cccc3)sc2c1. The molecule has 0 unspecified atom stereocenters. The van der Waals surface area contributed by atoms with E-state index in [1.54, 1.807) is 17.4 Å². The summed E-state index contributed by atoms with van der Waals surface area (Å²) in [6.07, 6.45) is 3.91. The van der Waals surface area contributed by atoms with Crippen molar-refractivity contribution in [2.45, 2.75) is 0 Å². The molecule has 5 aromatic rings. The first-order valence-electron chi connectivity index (χ1n) is 7.97. The first kappa shape index (κ1) is 15.2. The maximum Gasteiger partial charge on any atom is 0.257 e. The zero-order chi connectivity index (χ0) is 17.5. The predicted octanol–water partition coefficient (Wildman–Crippen LogP) is 4.95. The van der Waals surface area contributed by atoms with Crippen LogP contribution in [-0.4, -0.2) is 20.4 Å². The summed E-state index contributed by atoms with van der Waals surface area (Å²) in [5.74, 6) is -0.165. The Morgan fingerprint density at radius 3 is 2.54 bits per heavy atom. The minimum atomic E-state index is -0.165. The number of nitrogens with zero attached hydrogens (tertiary/aromatic N) is 3. The third kappa shape index (κ3) is 2.67. The second kappa shape index (κ2) is 6.05. The van der Waals surface area contributed by atoms with Crippen molar-refractivity contribution in [1.82, 2.24) is 14.5 Å². The lowest BCUT2D eigenvalue weighted by molar-refractivity contribution is 0.102. The van der Waals surface area contributed by atoms with Gasteiger partial charge < -0.3 is 4.57 Å². The van der Waals surface area contributed by atoms with Crippen molar-refractivity contribution in [1.29, 1.82) is 0 Å². The van der Waals surface area contributed by atoms with Crippen LogP contribution in [0.2, 0.25) is 0 Å². The van der Waals surface area contributed by atoms with Gasteiger partial charge >= 0.3 is 0 Å². The number of hydrogen-bond acceptors (Lipinski definition) is 5. The Morgan fingerprint density at radius 1 is 0.885 bits per heavy atom. The Hall–Kier alpha value is -3.03. The second-order valence-electron chi connectivity index (χ2n) is 5.71. The van der Waals surface area contributed by atoms with E-state index in [-0.39, 0.29) is 5.91 Å². The molecule has 0 aliphatic carbocycles. The van der Waals surface area contributed by atoms with Gasteiger partial charge in [0.05, 0.1) is 20.4 Å². The van der Waals surface area contributed by atoms with Gasteiger partial charge in [-0.3, -0.25) is 10.1 Å². The van der Waals surface area contributed by atoms with Crippen LogP contribution in [-0.2, 0) is 0 Å². The Balaban J connectivity index is 1.45. The van der Waals surface area contributed by atoms with E-state index < -0.39 is 0 Å². The Morgan fingerprint density at radius 2 is 1.69 bits per heavy atom. The molecule has 0 radical (unpaired) electrons. The number of para-hydroxylation sites is 1. The van der Waals surface area contributed by atoms with Gasteiger partial charge in [0.15, 0.2) is 10.3 Å². The number of carbonyl (C=O) groups excluding carboxylic acids is 1. The van der Waals surface area contributed by atoms with Gasteiger partial charge in [0.1, 0.15) is 0 Å². The summed E-state index contributed by atoms with van der Waals surface area (Å²) < 4.78 is 3.99. The van der Waals surface area contributed by atoms with Gasteiger partial charge in [0, 0.05) is 18.0 Å². The first-order valence-corrected chi connectivity index (χ1v) is 9.60. The average molecular weight is 376 g/mol. The maximum atomic E-state index is 12.6. The molecule has 1 amide bonds. The zero-order valence-corrected chi connectivity index (χ0v) is 15.1. The van der Waals surface area contributed by atoms with Crippen LogP contribution in [0, 0.1) is 0 Å². The van der Waals surface area contributed by atoms with E-state index in [2.05, 4.69) is 15.3 Å². The summed E-state index contributed by atoms with van der Waals surface area (Å²) in [5, 5.41) is 4.38. The number of fused-ring (bicyclic) bond motifs is 2. The molecule has 0 aliphatic heterocycles. The van der Waals surface area contributed by atoms with Crippen molar-refractivity contribution < 1.29 is 4.79 Å². The van der Waals surface area contributed by atoms with Gasteiger partial charge in [0.2, 0.25) is 0 Å². The molecule has 3 heterocycles. The molecule has 7 heteroatoms. The van der Waals surface area contributed by atoms with Gasteiger partial charge in [-0.1, -0.05) is 34.8 Å². The maximum absolute atomic E-state index is 12.6. The van der Waals surface area contributed by atoms with Crippen LogP contribution >= 0.6 is 22.7 Å². The minimum Gasteiger partial charge on any atom is -0.300 e. The van der Waals surface area contributed by atoms with E-state index in [0.29, 0.717) is 10.7 Å². The molecular formula is C19H12N4OS2. The van der Waals surface area contributed by atoms with Gasteiger partial charge in [-0.25, -0.2) is 9.97 Å². The summed E-state index contributed by atoms with van der Waals surface area (Å²) in [4.78, 5) is 21.7. The number of anilines is 1. The molecule has 0 bridgehead atoms. The van der Waals surface area contributed by atoms with E-state index in [4.69, 9.17) is 0 Å². The van der Waals surface area contributed by atoms with Crippen LogP contribution in [0.5, 0.6) is 0 Å². The van der Waals surface area contributed by atoms with Crippen molar-refractivity contribution in [2.75, 3.05) is 5.32 Å². The van der Waals surface area contributed by atoms with Crippen molar-refractivity contribution in [3.05, 3.63) is 72.6 Å². The summed E-state index contributed by atoms with van der Waals surface area (Å²) in [5.41, 5.74) is 2.37. The predicted molar refractivity (Wildman–Crippen MR) is 107 cm³/mol. The van der Waals surface area contributed by atoms with Gasteiger partial charge in [-0.2, -0.15) is 0 Å². The van der Waals surface area contributed by atoms with Crippen LogP contribution < -0.4 is 5.32 Å². The third-order valence-corrected chi connectivity index (χ3v) is 5.96. The molecule has 0 saturated heterocycles. The highest BCUT2D eigenvalue weighted by atomic mass is 32.1. The minimum absolute atomic E-state index is 0.165. The van der Waals surface area contributed by atoms with E-state index in [0.717, 1.165) is 25.6 Å². The molecule has 5 rings (SSSR count). The van der Waals surface area contributed by atoms with Crippen LogP contribution in [0.3, 0.4) is 0 Å². The van der Waals surface area contributed by atoms with Crippen molar-refractivity contribution in [2.24, 2.45) is 0 Å². The molecule has 2 aromatic carbocycles. The van der Waals surface area contributed by atoms with Gasteiger partial charge in [-0.05, 0) is 42.5 Å². The second-order valence-corrected chi connectivity index (χ2v) is 7.75. The van der Waals surface area contributed by atoms with Crippen molar-refractivity contribution in [3.8, 4) is 5.13 Å². The molecule has 0 fully saturated rings. The number of aromatic nitrogens is 3. The topological polar surface area (TPSA) is 59.8 Å². The number of carbonyl (C=O) groups is 1. The lowest BCUT2D eigenvalue weighted by Crippen LogP contribution is -2.11. The quantitative estimate of drug-likeness (QED) is 0.485. The fraction of sp³-hybridized carbons (Fsp3) is 0. The third-order valence-electron chi connectivity index (χ3n) is 3.98. The summed E-state index contributed by atoms with van der Waals surface area (Å²) in [6.45, 7) is 0. The summed E-state index contributed by atoms with van der Waals surface area (Å²) in [6, 6.07) is 17.3. The summed E-state index contributed by atoms with van der Waals surface area (Å²) in [7, 11) is 0. The first-order chi connectivity index (χ1) is 12.8. The normalized spacial score (nSPS) is 11.2. The average Bonchev–Trinajstić information content (AvgIpc) is 3.38.